The maximum absolute atomic E-state index is 3.37. The monoisotopic (exact) mass is 189 g/mol. The molecular formula is C14H21. The Labute approximate surface area is 88.4 Å². The van der Waals surface area contributed by atoms with Crippen LogP contribution in [-0.4, -0.2) is 0 Å². The van der Waals surface area contributed by atoms with Gasteiger partial charge in [-0.25, -0.2) is 0 Å². The van der Waals surface area contributed by atoms with Gasteiger partial charge in [0.2, 0.25) is 0 Å². The molecule has 0 nitrogen and oxygen atoms in total. The highest BCUT2D eigenvalue weighted by atomic mass is 14.1. The van der Waals surface area contributed by atoms with Gasteiger partial charge in [-0.15, -0.1) is 0 Å². The molecule has 0 aromatic heterocycles. The number of rotatable bonds is 4. The number of hydrogen-bond acceptors (Lipinski definition) is 0. The van der Waals surface area contributed by atoms with Crippen molar-refractivity contribution in [2.45, 2.75) is 40.5 Å². The highest BCUT2D eigenvalue weighted by molar-refractivity contribution is 5.26. The summed E-state index contributed by atoms with van der Waals surface area (Å²) in [5.41, 5.74) is 2.90. The van der Waals surface area contributed by atoms with Gasteiger partial charge in [0, 0.05) is 0 Å². The molecule has 0 aliphatic rings. The van der Waals surface area contributed by atoms with Crippen LogP contribution >= 0.6 is 0 Å². The van der Waals surface area contributed by atoms with Crippen molar-refractivity contribution in [1.82, 2.24) is 0 Å². The molecule has 14 heavy (non-hydrogen) atoms. The van der Waals surface area contributed by atoms with Crippen LogP contribution in [0.5, 0.6) is 0 Å². The van der Waals surface area contributed by atoms with Crippen molar-refractivity contribution in [3.05, 3.63) is 35.4 Å². The van der Waals surface area contributed by atoms with Crippen molar-refractivity contribution < 1.29 is 0 Å². The van der Waals surface area contributed by atoms with Gasteiger partial charge in [-0.05, 0) is 41.9 Å². The normalized spacial score (nSPS) is 11.3. The Balaban J connectivity index is 2.80. The Hall–Kier alpha value is -0.780. The number of benzene rings is 1. The molecule has 1 aromatic carbocycles. The zero-order valence-electron chi connectivity index (χ0n) is 9.80. The maximum atomic E-state index is 3.37. The van der Waals surface area contributed by atoms with Crippen LogP contribution in [-0.2, 0) is 12.8 Å². The summed E-state index contributed by atoms with van der Waals surface area (Å²) >= 11 is 0. The zero-order valence-corrected chi connectivity index (χ0v) is 9.80. The van der Waals surface area contributed by atoms with Crippen LogP contribution in [0.1, 0.15) is 38.8 Å². The van der Waals surface area contributed by atoms with Crippen molar-refractivity contribution in [2.75, 3.05) is 0 Å². The average molecular weight is 189 g/mol. The predicted octanol–water partition coefficient (Wildman–Crippen LogP) is 3.88. The molecular weight excluding hydrogens is 168 g/mol. The van der Waals surface area contributed by atoms with Crippen molar-refractivity contribution in [3.8, 4) is 0 Å². The molecule has 77 valence electrons. The molecule has 1 radical (unpaired) electrons. The maximum Gasteiger partial charge on any atom is -0.0146 e. The topological polar surface area (TPSA) is 0 Å². The van der Waals surface area contributed by atoms with E-state index in [1.54, 1.807) is 0 Å². The van der Waals surface area contributed by atoms with E-state index in [-0.39, 0.29) is 0 Å². The Morgan fingerprint density at radius 3 is 2.29 bits per heavy atom. The van der Waals surface area contributed by atoms with E-state index in [0.717, 1.165) is 18.3 Å². The smallest absolute Gasteiger partial charge is 0.0146 e. The highest BCUT2D eigenvalue weighted by Gasteiger charge is 2.05. The highest BCUT2D eigenvalue weighted by Crippen LogP contribution is 2.16. The molecule has 0 bridgehead atoms. The molecule has 0 aliphatic heterocycles. The lowest BCUT2D eigenvalue weighted by molar-refractivity contribution is 0.615. The molecule has 0 fully saturated rings. The lowest BCUT2D eigenvalue weighted by Gasteiger charge is -2.12. The SMILES string of the molecule is CC(C)Cc1[c]cccc1CC(C)C. The van der Waals surface area contributed by atoms with Crippen LogP contribution < -0.4 is 0 Å². The summed E-state index contributed by atoms with van der Waals surface area (Å²) in [6, 6.07) is 9.75. The van der Waals surface area contributed by atoms with Gasteiger partial charge < -0.3 is 0 Å². The molecule has 0 amide bonds. The second-order valence-corrected chi connectivity index (χ2v) is 4.87. The van der Waals surface area contributed by atoms with Crippen LogP contribution in [0.3, 0.4) is 0 Å². The van der Waals surface area contributed by atoms with E-state index in [2.05, 4.69) is 45.9 Å². The third kappa shape index (κ3) is 3.53. The first kappa shape index (κ1) is 11.3. The molecule has 1 aromatic rings. The first-order valence-electron chi connectivity index (χ1n) is 5.58. The van der Waals surface area contributed by atoms with Crippen LogP contribution in [0.15, 0.2) is 18.2 Å². The van der Waals surface area contributed by atoms with Crippen LogP contribution in [0.25, 0.3) is 0 Å². The molecule has 0 spiro atoms. The van der Waals surface area contributed by atoms with Crippen LogP contribution in [0.2, 0.25) is 0 Å². The molecule has 0 heteroatoms. The quantitative estimate of drug-likeness (QED) is 0.674. The van der Waals surface area contributed by atoms with E-state index in [9.17, 15) is 0 Å². The van der Waals surface area contributed by atoms with Crippen molar-refractivity contribution in [2.24, 2.45) is 11.8 Å². The third-order valence-corrected chi connectivity index (χ3v) is 2.28. The van der Waals surface area contributed by atoms with Gasteiger partial charge in [0.25, 0.3) is 0 Å². The molecule has 1 rings (SSSR count). The van der Waals surface area contributed by atoms with Gasteiger partial charge in [0.15, 0.2) is 0 Å². The third-order valence-electron chi connectivity index (χ3n) is 2.28. The minimum absolute atomic E-state index is 0.722. The molecule has 0 atom stereocenters. The minimum Gasteiger partial charge on any atom is -0.0625 e. The van der Waals surface area contributed by atoms with Gasteiger partial charge in [-0.1, -0.05) is 45.9 Å². The van der Waals surface area contributed by atoms with Crippen LogP contribution in [0.4, 0.5) is 0 Å². The lowest BCUT2D eigenvalue weighted by atomic mass is 9.93. The van der Waals surface area contributed by atoms with Crippen molar-refractivity contribution in [1.29, 1.82) is 0 Å². The Morgan fingerprint density at radius 1 is 1.07 bits per heavy atom. The Morgan fingerprint density at radius 2 is 1.71 bits per heavy atom. The fourth-order valence-electron chi connectivity index (χ4n) is 1.74. The minimum atomic E-state index is 0.722. The van der Waals surface area contributed by atoms with E-state index in [0.29, 0.717) is 0 Å². The van der Waals surface area contributed by atoms with Crippen LogP contribution in [0, 0.1) is 17.9 Å². The van der Waals surface area contributed by atoms with Gasteiger partial charge in [0.05, 0.1) is 0 Å². The molecule has 0 unspecified atom stereocenters. The molecule has 0 heterocycles. The summed E-state index contributed by atoms with van der Waals surface area (Å²) in [7, 11) is 0. The predicted molar refractivity (Wildman–Crippen MR) is 62.4 cm³/mol. The summed E-state index contributed by atoms with van der Waals surface area (Å²) in [5, 5.41) is 0. The standard InChI is InChI=1S/C14H21/c1-11(2)9-13-7-5-6-8-14(13)10-12(3)4/h5-7,11-12H,9-10H2,1-4H3. The summed E-state index contributed by atoms with van der Waals surface area (Å²) < 4.78 is 0. The van der Waals surface area contributed by atoms with E-state index in [1.807, 2.05) is 6.07 Å². The van der Waals surface area contributed by atoms with Crippen molar-refractivity contribution >= 4 is 0 Å². The molecule has 0 N–H and O–H groups in total. The summed E-state index contributed by atoms with van der Waals surface area (Å²) in [5.74, 6) is 1.45. The Kier molecular flexibility index (Phi) is 4.19. The average Bonchev–Trinajstić information content (AvgIpc) is 2.06. The summed E-state index contributed by atoms with van der Waals surface area (Å²) in [6.07, 6.45) is 2.34. The van der Waals surface area contributed by atoms with Gasteiger partial charge >= 0.3 is 0 Å². The van der Waals surface area contributed by atoms with E-state index in [4.69, 9.17) is 0 Å². The van der Waals surface area contributed by atoms with E-state index < -0.39 is 0 Å². The second-order valence-electron chi connectivity index (χ2n) is 4.87. The fourth-order valence-corrected chi connectivity index (χ4v) is 1.74. The summed E-state index contributed by atoms with van der Waals surface area (Å²) in [4.78, 5) is 0. The van der Waals surface area contributed by atoms with E-state index in [1.165, 1.54) is 17.5 Å². The molecule has 0 saturated heterocycles. The largest absolute Gasteiger partial charge is 0.0625 e. The molecule has 0 aliphatic carbocycles. The van der Waals surface area contributed by atoms with E-state index >= 15 is 0 Å². The van der Waals surface area contributed by atoms with Gasteiger partial charge in [0.1, 0.15) is 0 Å². The Bertz CT molecular complexity index is 242. The summed E-state index contributed by atoms with van der Waals surface area (Å²) in [6.45, 7) is 9.07. The van der Waals surface area contributed by atoms with Gasteiger partial charge in [-0.2, -0.15) is 0 Å². The first-order valence-corrected chi connectivity index (χ1v) is 5.58. The lowest BCUT2D eigenvalue weighted by Crippen LogP contribution is -2.02. The van der Waals surface area contributed by atoms with Gasteiger partial charge in [-0.3, -0.25) is 0 Å². The second kappa shape index (κ2) is 5.19. The number of hydrogen-bond donors (Lipinski definition) is 0. The molecule has 0 saturated carbocycles. The van der Waals surface area contributed by atoms with Crippen molar-refractivity contribution in [3.63, 3.8) is 0 Å². The fraction of sp³-hybridized carbons (Fsp3) is 0.571. The zero-order chi connectivity index (χ0) is 10.6. The first-order chi connectivity index (χ1) is 6.59.